The highest BCUT2D eigenvalue weighted by Gasteiger charge is 2.20. The van der Waals surface area contributed by atoms with E-state index in [1.165, 1.54) is 24.0 Å². The Balaban J connectivity index is 1.79. The Morgan fingerprint density at radius 2 is 1.88 bits per heavy atom. The van der Waals surface area contributed by atoms with E-state index in [0.29, 0.717) is 13.0 Å². The van der Waals surface area contributed by atoms with E-state index in [1.807, 2.05) is 0 Å². The lowest BCUT2D eigenvalue weighted by atomic mass is 10.0. The molecule has 1 aliphatic carbocycles. The summed E-state index contributed by atoms with van der Waals surface area (Å²) >= 11 is 0. The zero-order valence-electron chi connectivity index (χ0n) is 10.8. The molecule has 1 N–H and O–H groups in total. The first-order valence-corrected chi connectivity index (χ1v) is 6.43. The number of nitrogens with one attached hydrogen (secondary N) is 1. The highest BCUT2D eigenvalue weighted by atomic mass is 16.1. The molecule has 1 fully saturated rings. The molecular formula is C15H21NO. The highest BCUT2D eigenvalue weighted by Crippen LogP contribution is 2.27. The van der Waals surface area contributed by atoms with E-state index < -0.39 is 0 Å². The van der Waals surface area contributed by atoms with Gasteiger partial charge in [-0.3, -0.25) is 4.79 Å². The predicted octanol–water partition coefficient (Wildman–Crippen LogP) is 2.41. The van der Waals surface area contributed by atoms with E-state index in [-0.39, 0.29) is 5.78 Å². The van der Waals surface area contributed by atoms with Crippen molar-refractivity contribution in [1.82, 2.24) is 5.32 Å². The first-order chi connectivity index (χ1) is 8.13. The Morgan fingerprint density at radius 3 is 2.47 bits per heavy atom. The Hall–Kier alpha value is -1.15. The maximum atomic E-state index is 11.8. The number of ketones is 1. The molecule has 0 heterocycles. The van der Waals surface area contributed by atoms with Crippen molar-refractivity contribution in [3.8, 4) is 0 Å². The third kappa shape index (κ3) is 4.31. The van der Waals surface area contributed by atoms with Crippen molar-refractivity contribution in [2.24, 2.45) is 5.92 Å². The SMILES string of the molecule is Cc1cc(C)cc(CC(=O)CNCC2CC2)c1. The van der Waals surface area contributed by atoms with Crippen LogP contribution in [0.3, 0.4) is 0 Å². The first kappa shape index (κ1) is 12.3. The molecule has 92 valence electrons. The molecule has 1 saturated carbocycles. The number of aryl methyl sites for hydroxylation is 2. The highest BCUT2D eigenvalue weighted by molar-refractivity contribution is 5.82. The molecule has 1 aromatic rings. The van der Waals surface area contributed by atoms with Crippen molar-refractivity contribution < 1.29 is 4.79 Å². The van der Waals surface area contributed by atoms with Crippen LogP contribution >= 0.6 is 0 Å². The van der Waals surface area contributed by atoms with Crippen LogP contribution in [0.5, 0.6) is 0 Å². The summed E-state index contributed by atoms with van der Waals surface area (Å²) in [6.45, 7) is 5.68. The van der Waals surface area contributed by atoms with Gasteiger partial charge in [-0.25, -0.2) is 0 Å². The quantitative estimate of drug-likeness (QED) is 0.814. The molecule has 17 heavy (non-hydrogen) atoms. The van der Waals surface area contributed by atoms with Crippen LogP contribution in [0.2, 0.25) is 0 Å². The zero-order chi connectivity index (χ0) is 12.3. The van der Waals surface area contributed by atoms with E-state index in [1.54, 1.807) is 0 Å². The molecule has 0 spiro atoms. The van der Waals surface area contributed by atoms with Crippen LogP contribution in [0, 0.1) is 19.8 Å². The molecule has 0 saturated heterocycles. The fourth-order valence-electron chi connectivity index (χ4n) is 2.20. The molecule has 0 amide bonds. The van der Waals surface area contributed by atoms with Gasteiger partial charge in [0, 0.05) is 6.42 Å². The van der Waals surface area contributed by atoms with Crippen molar-refractivity contribution in [3.05, 3.63) is 34.9 Å². The summed E-state index contributed by atoms with van der Waals surface area (Å²) in [6, 6.07) is 6.34. The molecule has 0 aromatic heterocycles. The number of hydrogen-bond acceptors (Lipinski definition) is 2. The number of hydrogen-bond donors (Lipinski definition) is 1. The molecule has 2 nitrogen and oxygen atoms in total. The van der Waals surface area contributed by atoms with Gasteiger partial charge in [0.05, 0.1) is 6.54 Å². The zero-order valence-corrected chi connectivity index (χ0v) is 10.8. The summed E-state index contributed by atoms with van der Waals surface area (Å²) in [5.74, 6) is 1.12. The molecular weight excluding hydrogens is 210 g/mol. The van der Waals surface area contributed by atoms with Crippen molar-refractivity contribution in [2.45, 2.75) is 33.1 Å². The van der Waals surface area contributed by atoms with Crippen LogP contribution in [0.4, 0.5) is 0 Å². The first-order valence-electron chi connectivity index (χ1n) is 6.43. The second-order valence-corrected chi connectivity index (χ2v) is 5.29. The van der Waals surface area contributed by atoms with Crippen LogP contribution in [0.25, 0.3) is 0 Å². The minimum Gasteiger partial charge on any atom is -0.310 e. The third-order valence-electron chi connectivity index (χ3n) is 3.13. The summed E-state index contributed by atoms with van der Waals surface area (Å²) in [6.07, 6.45) is 3.22. The van der Waals surface area contributed by atoms with Gasteiger partial charge in [0.2, 0.25) is 0 Å². The Labute approximate surface area is 103 Å². The van der Waals surface area contributed by atoms with Crippen molar-refractivity contribution in [3.63, 3.8) is 0 Å². The number of carbonyl (C=O) groups excluding carboxylic acids is 1. The fraction of sp³-hybridized carbons (Fsp3) is 0.533. The van der Waals surface area contributed by atoms with Gasteiger partial charge in [0.1, 0.15) is 0 Å². The topological polar surface area (TPSA) is 29.1 Å². The maximum absolute atomic E-state index is 11.8. The van der Waals surface area contributed by atoms with E-state index in [4.69, 9.17) is 0 Å². The lowest BCUT2D eigenvalue weighted by Crippen LogP contribution is -2.26. The molecule has 0 unspecified atom stereocenters. The van der Waals surface area contributed by atoms with Gasteiger partial charge in [0.15, 0.2) is 5.78 Å². The minimum absolute atomic E-state index is 0.288. The molecule has 0 radical (unpaired) electrons. The van der Waals surface area contributed by atoms with E-state index in [0.717, 1.165) is 18.0 Å². The number of rotatable bonds is 6. The fourth-order valence-corrected chi connectivity index (χ4v) is 2.20. The lowest BCUT2D eigenvalue weighted by Gasteiger charge is -2.05. The summed E-state index contributed by atoms with van der Waals surface area (Å²) in [5.41, 5.74) is 3.61. The molecule has 1 aliphatic rings. The second-order valence-electron chi connectivity index (χ2n) is 5.29. The van der Waals surface area contributed by atoms with Gasteiger partial charge >= 0.3 is 0 Å². The average molecular weight is 231 g/mol. The summed E-state index contributed by atoms with van der Waals surface area (Å²) in [5, 5.41) is 3.25. The third-order valence-corrected chi connectivity index (χ3v) is 3.13. The summed E-state index contributed by atoms with van der Waals surface area (Å²) in [4.78, 5) is 11.8. The van der Waals surface area contributed by atoms with Crippen LogP contribution in [-0.4, -0.2) is 18.9 Å². The van der Waals surface area contributed by atoms with E-state index >= 15 is 0 Å². The van der Waals surface area contributed by atoms with Crippen LogP contribution in [-0.2, 0) is 11.2 Å². The number of benzene rings is 1. The smallest absolute Gasteiger partial charge is 0.150 e. The van der Waals surface area contributed by atoms with Gasteiger partial charge in [-0.05, 0) is 44.7 Å². The normalized spacial score (nSPS) is 14.9. The summed E-state index contributed by atoms with van der Waals surface area (Å²) in [7, 11) is 0. The number of Topliss-reactive ketones (excluding diaryl/α,β-unsaturated/α-hetero) is 1. The van der Waals surface area contributed by atoms with Crippen LogP contribution in [0.1, 0.15) is 29.5 Å². The Kier molecular flexibility index (Phi) is 3.95. The van der Waals surface area contributed by atoms with Crippen LogP contribution in [0.15, 0.2) is 18.2 Å². The van der Waals surface area contributed by atoms with Crippen LogP contribution < -0.4 is 5.32 Å². The lowest BCUT2D eigenvalue weighted by molar-refractivity contribution is -0.117. The van der Waals surface area contributed by atoms with E-state index in [9.17, 15) is 4.79 Å². The molecule has 0 bridgehead atoms. The molecule has 0 aliphatic heterocycles. The van der Waals surface area contributed by atoms with Crippen molar-refractivity contribution >= 4 is 5.78 Å². The van der Waals surface area contributed by atoms with Gasteiger partial charge < -0.3 is 5.32 Å². The molecule has 1 aromatic carbocycles. The second kappa shape index (κ2) is 5.46. The predicted molar refractivity (Wildman–Crippen MR) is 70.2 cm³/mol. The van der Waals surface area contributed by atoms with Gasteiger partial charge in [-0.1, -0.05) is 29.3 Å². The minimum atomic E-state index is 0.288. The monoisotopic (exact) mass is 231 g/mol. The molecule has 2 heteroatoms. The van der Waals surface area contributed by atoms with Gasteiger partial charge in [-0.15, -0.1) is 0 Å². The number of carbonyl (C=O) groups is 1. The standard InChI is InChI=1S/C15H21NO/c1-11-5-12(2)7-14(6-11)8-15(17)10-16-9-13-3-4-13/h5-7,13,16H,3-4,8-10H2,1-2H3. The van der Waals surface area contributed by atoms with E-state index in [2.05, 4.69) is 37.4 Å². The largest absolute Gasteiger partial charge is 0.310 e. The average Bonchev–Trinajstić information content (AvgIpc) is 2.99. The maximum Gasteiger partial charge on any atom is 0.150 e. The van der Waals surface area contributed by atoms with Gasteiger partial charge in [-0.2, -0.15) is 0 Å². The molecule has 2 rings (SSSR count). The van der Waals surface area contributed by atoms with Gasteiger partial charge in [0.25, 0.3) is 0 Å². The Morgan fingerprint density at radius 1 is 1.24 bits per heavy atom. The van der Waals surface area contributed by atoms with Crippen molar-refractivity contribution in [1.29, 1.82) is 0 Å². The Bertz CT molecular complexity index is 387. The van der Waals surface area contributed by atoms with Crippen molar-refractivity contribution in [2.75, 3.05) is 13.1 Å². The molecule has 0 atom stereocenters. The summed E-state index contributed by atoms with van der Waals surface area (Å²) < 4.78 is 0.